The lowest BCUT2D eigenvalue weighted by atomic mass is 10.3. The monoisotopic (exact) mass is 335 g/mol. The van der Waals surface area contributed by atoms with Crippen molar-refractivity contribution < 1.29 is 0 Å². The molecule has 3 N–H and O–H groups in total. The minimum absolute atomic E-state index is 0.282. The van der Waals surface area contributed by atoms with Crippen LogP contribution in [-0.2, 0) is 6.54 Å². The van der Waals surface area contributed by atoms with Crippen LogP contribution in [0.25, 0.3) is 5.69 Å². The normalized spacial score (nSPS) is 11.9. The van der Waals surface area contributed by atoms with E-state index in [2.05, 4.69) is 31.3 Å². The minimum atomic E-state index is 0.282. The molecule has 0 atom stereocenters. The Balaban J connectivity index is 2.04. The number of benzene rings is 1. The van der Waals surface area contributed by atoms with Crippen LogP contribution in [0.5, 0.6) is 0 Å². The Kier molecular flexibility index (Phi) is 4.79. The molecular formula is C14H18BrN5. The molecule has 2 rings (SSSR count). The molecule has 0 aliphatic rings. The lowest BCUT2D eigenvalue weighted by Gasteiger charge is -2.07. The Bertz CT molecular complexity index is 586. The van der Waals surface area contributed by atoms with Gasteiger partial charge in [-0.3, -0.25) is 0 Å². The molecule has 0 spiro atoms. The summed E-state index contributed by atoms with van der Waals surface area (Å²) in [7, 11) is 0. The van der Waals surface area contributed by atoms with E-state index in [1.165, 1.54) is 0 Å². The second-order valence-electron chi connectivity index (χ2n) is 4.77. The predicted molar refractivity (Wildman–Crippen MR) is 84.9 cm³/mol. The Morgan fingerprint density at radius 3 is 2.75 bits per heavy atom. The number of hydrogen-bond donors (Lipinski definition) is 2. The van der Waals surface area contributed by atoms with Crippen LogP contribution < -0.4 is 11.1 Å². The van der Waals surface area contributed by atoms with Crippen molar-refractivity contribution in [2.45, 2.75) is 26.4 Å². The number of hydrogen-bond acceptors (Lipinski definition) is 2. The quantitative estimate of drug-likeness (QED) is 0.666. The molecule has 1 aromatic heterocycles. The van der Waals surface area contributed by atoms with Gasteiger partial charge < -0.3 is 11.1 Å². The highest BCUT2D eigenvalue weighted by atomic mass is 79.9. The summed E-state index contributed by atoms with van der Waals surface area (Å²) in [4.78, 5) is 4.28. The van der Waals surface area contributed by atoms with Gasteiger partial charge in [-0.2, -0.15) is 5.10 Å². The van der Waals surface area contributed by atoms with Crippen molar-refractivity contribution in [1.29, 1.82) is 0 Å². The van der Waals surface area contributed by atoms with Crippen LogP contribution in [0, 0.1) is 0 Å². The highest BCUT2D eigenvalue weighted by molar-refractivity contribution is 9.10. The fourth-order valence-corrected chi connectivity index (χ4v) is 1.96. The number of aliphatic imine (C=N–C) groups is 1. The van der Waals surface area contributed by atoms with Gasteiger partial charge >= 0.3 is 0 Å². The second-order valence-corrected chi connectivity index (χ2v) is 5.69. The zero-order valence-electron chi connectivity index (χ0n) is 11.5. The molecule has 0 unspecified atom stereocenters. The molecule has 0 saturated heterocycles. The van der Waals surface area contributed by atoms with E-state index in [4.69, 9.17) is 5.73 Å². The summed E-state index contributed by atoms with van der Waals surface area (Å²) in [5, 5.41) is 7.38. The van der Waals surface area contributed by atoms with Crippen LogP contribution in [0.3, 0.4) is 0 Å². The summed E-state index contributed by atoms with van der Waals surface area (Å²) in [6.07, 6.45) is 3.75. The molecule has 0 saturated carbocycles. The fraction of sp³-hybridized carbons (Fsp3) is 0.286. The number of rotatable bonds is 4. The van der Waals surface area contributed by atoms with Gasteiger partial charge in [0.25, 0.3) is 0 Å². The van der Waals surface area contributed by atoms with Gasteiger partial charge in [-0.25, -0.2) is 9.67 Å². The van der Waals surface area contributed by atoms with Crippen LogP contribution in [0.1, 0.15) is 19.4 Å². The molecule has 0 bridgehead atoms. The van der Waals surface area contributed by atoms with E-state index in [0.29, 0.717) is 12.5 Å². The molecule has 0 radical (unpaired) electrons. The van der Waals surface area contributed by atoms with Gasteiger partial charge in [0, 0.05) is 22.3 Å². The highest BCUT2D eigenvalue weighted by Gasteiger charge is 2.01. The predicted octanol–water partition coefficient (Wildman–Crippen LogP) is 2.45. The van der Waals surface area contributed by atoms with Crippen molar-refractivity contribution in [3.05, 3.63) is 46.7 Å². The molecule has 2 aromatic rings. The summed E-state index contributed by atoms with van der Waals surface area (Å²) < 4.78 is 2.87. The zero-order valence-corrected chi connectivity index (χ0v) is 13.1. The largest absolute Gasteiger partial charge is 0.370 e. The maximum absolute atomic E-state index is 5.76. The number of aromatic nitrogens is 2. The van der Waals surface area contributed by atoms with Crippen LogP contribution >= 0.6 is 15.9 Å². The summed E-state index contributed by atoms with van der Waals surface area (Å²) in [6, 6.07) is 8.25. The summed E-state index contributed by atoms with van der Waals surface area (Å²) >= 11 is 3.42. The molecule has 0 aliphatic carbocycles. The Morgan fingerprint density at radius 1 is 1.40 bits per heavy atom. The zero-order chi connectivity index (χ0) is 14.5. The van der Waals surface area contributed by atoms with Crippen LogP contribution in [0.2, 0.25) is 0 Å². The molecule has 5 nitrogen and oxygen atoms in total. The van der Waals surface area contributed by atoms with Gasteiger partial charge in [0.15, 0.2) is 5.96 Å². The lowest BCUT2D eigenvalue weighted by Crippen LogP contribution is -2.36. The molecule has 6 heteroatoms. The minimum Gasteiger partial charge on any atom is -0.370 e. The number of nitrogens with two attached hydrogens (primary N) is 1. The first-order chi connectivity index (χ1) is 9.54. The van der Waals surface area contributed by atoms with E-state index in [1.54, 1.807) is 6.20 Å². The van der Waals surface area contributed by atoms with Crippen molar-refractivity contribution in [3.63, 3.8) is 0 Å². The number of halogens is 1. The van der Waals surface area contributed by atoms with Crippen molar-refractivity contribution in [3.8, 4) is 5.69 Å². The summed E-state index contributed by atoms with van der Waals surface area (Å²) in [6.45, 7) is 4.56. The van der Waals surface area contributed by atoms with Gasteiger partial charge in [0.05, 0.1) is 18.4 Å². The third-order valence-electron chi connectivity index (χ3n) is 2.60. The van der Waals surface area contributed by atoms with E-state index < -0.39 is 0 Å². The topological polar surface area (TPSA) is 68.2 Å². The van der Waals surface area contributed by atoms with Crippen LogP contribution in [-0.4, -0.2) is 21.8 Å². The number of nitrogens with one attached hydrogen (secondary N) is 1. The van der Waals surface area contributed by atoms with Crippen LogP contribution in [0.15, 0.2) is 46.1 Å². The van der Waals surface area contributed by atoms with Gasteiger partial charge in [-0.1, -0.05) is 15.9 Å². The van der Waals surface area contributed by atoms with E-state index in [0.717, 1.165) is 15.7 Å². The highest BCUT2D eigenvalue weighted by Crippen LogP contribution is 2.14. The molecule has 0 amide bonds. The van der Waals surface area contributed by atoms with Crippen LogP contribution in [0.4, 0.5) is 0 Å². The molecule has 0 aliphatic heterocycles. The SMILES string of the molecule is CC(C)NC(N)=NCc1cnn(-c2ccc(Br)cc2)c1. The molecule has 20 heavy (non-hydrogen) atoms. The van der Waals surface area contributed by atoms with Gasteiger partial charge in [-0.15, -0.1) is 0 Å². The number of nitrogens with zero attached hydrogens (tertiary/aromatic N) is 3. The van der Waals surface area contributed by atoms with Crippen molar-refractivity contribution in [2.24, 2.45) is 10.7 Å². The van der Waals surface area contributed by atoms with Crippen molar-refractivity contribution in [1.82, 2.24) is 15.1 Å². The average molecular weight is 336 g/mol. The molecule has 1 heterocycles. The average Bonchev–Trinajstić information content (AvgIpc) is 2.85. The molecule has 106 valence electrons. The smallest absolute Gasteiger partial charge is 0.189 e. The third kappa shape index (κ3) is 4.09. The van der Waals surface area contributed by atoms with Gasteiger partial charge in [-0.05, 0) is 38.1 Å². The van der Waals surface area contributed by atoms with Crippen molar-refractivity contribution in [2.75, 3.05) is 0 Å². The Hall–Kier alpha value is -1.82. The first-order valence-electron chi connectivity index (χ1n) is 6.40. The first-order valence-corrected chi connectivity index (χ1v) is 7.20. The molecular weight excluding hydrogens is 318 g/mol. The second kappa shape index (κ2) is 6.56. The van der Waals surface area contributed by atoms with Crippen molar-refractivity contribution >= 4 is 21.9 Å². The van der Waals surface area contributed by atoms with E-state index in [9.17, 15) is 0 Å². The standard InChI is InChI=1S/C14H18BrN5/c1-10(2)19-14(16)17-7-11-8-18-20(9-11)13-5-3-12(15)4-6-13/h3-6,8-10H,7H2,1-2H3,(H3,16,17,19). The fourth-order valence-electron chi connectivity index (χ4n) is 1.69. The van der Waals surface area contributed by atoms with Gasteiger partial charge in [0.1, 0.15) is 0 Å². The number of guanidine groups is 1. The summed E-state index contributed by atoms with van der Waals surface area (Å²) in [5.74, 6) is 0.455. The first kappa shape index (κ1) is 14.6. The molecule has 0 fully saturated rings. The third-order valence-corrected chi connectivity index (χ3v) is 3.12. The van der Waals surface area contributed by atoms with E-state index >= 15 is 0 Å². The van der Waals surface area contributed by atoms with E-state index in [-0.39, 0.29) is 6.04 Å². The Morgan fingerprint density at radius 2 is 2.10 bits per heavy atom. The summed E-state index contributed by atoms with van der Waals surface area (Å²) in [5.41, 5.74) is 7.79. The Labute approximate surface area is 127 Å². The van der Waals surface area contributed by atoms with E-state index in [1.807, 2.05) is 49.0 Å². The molecule has 1 aromatic carbocycles. The maximum atomic E-state index is 5.76. The lowest BCUT2D eigenvalue weighted by molar-refractivity contribution is 0.723. The van der Waals surface area contributed by atoms with Gasteiger partial charge in [0.2, 0.25) is 0 Å². The maximum Gasteiger partial charge on any atom is 0.189 e.